The largest absolute Gasteiger partial charge is 0.416 e. The molecule has 1 aromatic rings. The molecular formula is C13H19Cl2F3N2O. The lowest BCUT2D eigenvalue weighted by Gasteiger charge is -2.26. The van der Waals surface area contributed by atoms with Gasteiger partial charge in [0.2, 0.25) is 0 Å². The minimum absolute atomic E-state index is 0. The predicted molar refractivity (Wildman–Crippen MR) is 81.7 cm³/mol. The summed E-state index contributed by atoms with van der Waals surface area (Å²) in [6.07, 6.45) is -4.29. The second kappa shape index (κ2) is 9.35. The van der Waals surface area contributed by atoms with Crippen LogP contribution in [0, 0.1) is 0 Å². The molecule has 0 saturated carbocycles. The number of nitrogens with zero attached hydrogens (tertiary/aromatic N) is 1. The highest BCUT2D eigenvalue weighted by Crippen LogP contribution is 2.30. The molecule has 2 rings (SSSR count). The average Bonchev–Trinajstić information content (AvgIpc) is 2.39. The van der Waals surface area contributed by atoms with E-state index in [9.17, 15) is 13.2 Å². The molecule has 1 fully saturated rings. The summed E-state index contributed by atoms with van der Waals surface area (Å²) in [5.41, 5.74) is -0.119. The van der Waals surface area contributed by atoms with Gasteiger partial charge in [0.15, 0.2) is 0 Å². The fourth-order valence-electron chi connectivity index (χ4n) is 1.99. The SMILES string of the molecule is Cl.Cl.FC(F)(F)c1cccc(NCCN2CCOCC2)c1. The van der Waals surface area contributed by atoms with Crippen LogP contribution in [0.2, 0.25) is 0 Å². The highest BCUT2D eigenvalue weighted by Gasteiger charge is 2.30. The van der Waals surface area contributed by atoms with Gasteiger partial charge in [-0.2, -0.15) is 13.2 Å². The van der Waals surface area contributed by atoms with Crippen molar-refractivity contribution in [2.45, 2.75) is 6.18 Å². The molecule has 0 radical (unpaired) electrons. The average molecular weight is 347 g/mol. The van der Waals surface area contributed by atoms with E-state index in [-0.39, 0.29) is 24.8 Å². The van der Waals surface area contributed by atoms with Gasteiger partial charge >= 0.3 is 6.18 Å². The fraction of sp³-hybridized carbons (Fsp3) is 0.538. The van der Waals surface area contributed by atoms with Crippen molar-refractivity contribution in [3.63, 3.8) is 0 Å². The van der Waals surface area contributed by atoms with E-state index in [1.165, 1.54) is 6.07 Å². The van der Waals surface area contributed by atoms with E-state index >= 15 is 0 Å². The molecule has 3 nitrogen and oxygen atoms in total. The Labute approximate surface area is 134 Å². The maximum atomic E-state index is 12.5. The van der Waals surface area contributed by atoms with E-state index in [4.69, 9.17) is 4.74 Å². The van der Waals surface area contributed by atoms with E-state index in [2.05, 4.69) is 10.2 Å². The summed E-state index contributed by atoms with van der Waals surface area (Å²) in [5, 5.41) is 3.02. The molecular weight excluding hydrogens is 328 g/mol. The van der Waals surface area contributed by atoms with Gasteiger partial charge in [-0.25, -0.2) is 0 Å². The van der Waals surface area contributed by atoms with Gasteiger partial charge in [0, 0.05) is 31.9 Å². The number of morpholine rings is 1. The summed E-state index contributed by atoms with van der Waals surface area (Å²) >= 11 is 0. The lowest BCUT2D eigenvalue weighted by Crippen LogP contribution is -2.39. The Balaban J connectivity index is 0.00000200. The third-order valence-corrected chi connectivity index (χ3v) is 3.05. The topological polar surface area (TPSA) is 24.5 Å². The smallest absolute Gasteiger partial charge is 0.384 e. The Kier molecular flexibility index (Phi) is 9.04. The molecule has 0 amide bonds. The van der Waals surface area contributed by atoms with Crippen LogP contribution >= 0.6 is 24.8 Å². The Morgan fingerprint density at radius 3 is 2.43 bits per heavy atom. The second-order valence-corrected chi connectivity index (χ2v) is 4.46. The molecule has 8 heteroatoms. The standard InChI is InChI=1S/C13H17F3N2O.2ClH/c14-13(15,16)11-2-1-3-12(10-11)17-4-5-18-6-8-19-9-7-18;;/h1-3,10,17H,4-9H2;2*1H. The zero-order valence-electron chi connectivity index (χ0n) is 11.4. The molecule has 1 aliphatic heterocycles. The number of ether oxygens (including phenoxy) is 1. The van der Waals surface area contributed by atoms with Crippen LogP contribution in [0.25, 0.3) is 0 Å². The molecule has 1 N–H and O–H groups in total. The van der Waals surface area contributed by atoms with Gasteiger partial charge in [-0.1, -0.05) is 6.07 Å². The van der Waals surface area contributed by atoms with Gasteiger partial charge in [-0.05, 0) is 18.2 Å². The Bertz CT molecular complexity index is 413. The number of alkyl halides is 3. The molecule has 0 unspecified atom stereocenters. The number of nitrogens with one attached hydrogen (secondary N) is 1. The fourth-order valence-corrected chi connectivity index (χ4v) is 1.99. The Hall–Kier alpha value is -0.690. The molecule has 0 aromatic heterocycles. The van der Waals surface area contributed by atoms with Crippen molar-refractivity contribution in [3.05, 3.63) is 29.8 Å². The normalized spacial score (nSPS) is 15.8. The van der Waals surface area contributed by atoms with Crippen molar-refractivity contribution < 1.29 is 17.9 Å². The van der Waals surface area contributed by atoms with Crippen LogP contribution in [-0.4, -0.2) is 44.3 Å². The Morgan fingerprint density at radius 1 is 1.14 bits per heavy atom. The number of halogens is 5. The molecule has 1 heterocycles. The summed E-state index contributed by atoms with van der Waals surface area (Å²) in [6.45, 7) is 4.64. The predicted octanol–water partition coefficient (Wildman–Crippen LogP) is 3.29. The van der Waals surface area contributed by atoms with Crippen LogP contribution in [0.15, 0.2) is 24.3 Å². The van der Waals surface area contributed by atoms with Crippen molar-refractivity contribution in [1.82, 2.24) is 4.90 Å². The summed E-state index contributed by atoms with van der Waals surface area (Å²) in [6, 6.07) is 5.28. The van der Waals surface area contributed by atoms with Gasteiger partial charge in [0.1, 0.15) is 0 Å². The summed E-state index contributed by atoms with van der Waals surface area (Å²) in [4.78, 5) is 2.23. The van der Waals surface area contributed by atoms with Gasteiger partial charge < -0.3 is 10.1 Å². The van der Waals surface area contributed by atoms with Crippen molar-refractivity contribution in [2.24, 2.45) is 0 Å². The minimum atomic E-state index is -4.29. The highest BCUT2D eigenvalue weighted by atomic mass is 35.5. The molecule has 1 saturated heterocycles. The zero-order valence-corrected chi connectivity index (χ0v) is 13.0. The van der Waals surface area contributed by atoms with Crippen molar-refractivity contribution in [2.75, 3.05) is 44.7 Å². The van der Waals surface area contributed by atoms with Gasteiger partial charge in [-0.3, -0.25) is 4.90 Å². The molecule has 1 aromatic carbocycles. The maximum absolute atomic E-state index is 12.5. The van der Waals surface area contributed by atoms with Gasteiger partial charge in [0.25, 0.3) is 0 Å². The molecule has 0 spiro atoms. The first-order valence-corrected chi connectivity index (χ1v) is 6.27. The number of rotatable bonds is 4. The van der Waals surface area contributed by atoms with Crippen molar-refractivity contribution in [3.8, 4) is 0 Å². The molecule has 21 heavy (non-hydrogen) atoms. The first-order chi connectivity index (χ1) is 9.05. The van der Waals surface area contributed by atoms with Crippen LogP contribution in [0.5, 0.6) is 0 Å². The van der Waals surface area contributed by atoms with Crippen LogP contribution in [0.4, 0.5) is 18.9 Å². The Morgan fingerprint density at radius 2 is 1.81 bits per heavy atom. The second-order valence-electron chi connectivity index (χ2n) is 4.46. The summed E-state index contributed by atoms with van der Waals surface area (Å²) in [5.74, 6) is 0. The highest BCUT2D eigenvalue weighted by molar-refractivity contribution is 5.85. The van der Waals surface area contributed by atoms with Crippen LogP contribution in [-0.2, 0) is 10.9 Å². The monoisotopic (exact) mass is 346 g/mol. The summed E-state index contributed by atoms with van der Waals surface area (Å²) < 4.78 is 42.8. The lowest BCUT2D eigenvalue weighted by molar-refractivity contribution is -0.137. The number of benzene rings is 1. The number of anilines is 1. The van der Waals surface area contributed by atoms with E-state index in [0.29, 0.717) is 12.2 Å². The van der Waals surface area contributed by atoms with Crippen molar-refractivity contribution >= 4 is 30.5 Å². The molecule has 0 aliphatic carbocycles. The molecule has 1 aliphatic rings. The zero-order chi connectivity index (χ0) is 13.7. The lowest BCUT2D eigenvalue weighted by atomic mass is 10.2. The van der Waals surface area contributed by atoms with E-state index in [1.807, 2.05) is 0 Å². The number of hydrogen-bond acceptors (Lipinski definition) is 3. The first-order valence-electron chi connectivity index (χ1n) is 6.27. The summed E-state index contributed by atoms with van der Waals surface area (Å²) in [7, 11) is 0. The number of hydrogen-bond donors (Lipinski definition) is 1. The quantitative estimate of drug-likeness (QED) is 0.905. The van der Waals surface area contributed by atoms with Crippen molar-refractivity contribution in [1.29, 1.82) is 0 Å². The van der Waals surface area contributed by atoms with E-state index in [1.54, 1.807) is 6.07 Å². The maximum Gasteiger partial charge on any atom is 0.416 e. The molecule has 0 bridgehead atoms. The third-order valence-electron chi connectivity index (χ3n) is 3.05. The van der Waals surface area contributed by atoms with Crippen LogP contribution in [0.3, 0.4) is 0 Å². The first kappa shape index (κ1) is 20.3. The third kappa shape index (κ3) is 6.74. The molecule has 122 valence electrons. The minimum Gasteiger partial charge on any atom is -0.384 e. The van der Waals surface area contributed by atoms with Gasteiger partial charge in [0.05, 0.1) is 18.8 Å². The molecule has 0 atom stereocenters. The van der Waals surface area contributed by atoms with E-state index < -0.39 is 11.7 Å². The van der Waals surface area contributed by atoms with Crippen LogP contribution in [0.1, 0.15) is 5.56 Å². The van der Waals surface area contributed by atoms with Gasteiger partial charge in [-0.15, -0.1) is 24.8 Å². The van der Waals surface area contributed by atoms with E-state index in [0.717, 1.165) is 45.0 Å². The van der Waals surface area contributed by atoms with Crippen LogP contribution < -0.4 is 5.32 Å².